The molecule has 1 unspecified atom stereocenters. The Balaban J connectivity index is 2.18. The van der Waals surface area contributed by atoms with Gasteiger partial charge in [0.2, 0.25) is 0 Å². The summed E-state index contributed by atoms with van der Waals surface area (Å²) in [5.41, 5.74) is 0.414. The highest BCUT2D eigenvalue weighted by atomic mass is 16.4. The van der Waals surface area contributed by atoms with Crippen molar-refractivity contribution in [3.63, 3.8) is 0 Å². The molecule has 2 rings (SSSR count). The molecule has 0 aliphatic carbocycles. The van der Waals surface area contributed by atoms with Gasteiger partial charge in [-0.25, -0.2) is 0 Å². The normalized spacial score (nSPS) is 25.3. The Hall–Kier alpha value is -1.42. The van der Waals surface area contributed by atoms with Crippen LogP contribution >= 0.6 is 0 Å². The molecule has 0 radical (unpaired) electrons. The van der Waals surface area contributed by atoms with Crippen LogP contribution in [0.2, 0.25) is 0 Å². The molecule has 1 saturated heterocycles. The van der Waals surface area contributed by atoms with Gasteiger partial charge in [-0.15, -0.1) is 0 Å². The molecular weight excluding hydrogens is 192 g/mol. The minimum atomic E-state index is -0.704. The van der Waals surface area contributed by atoms with Crippen LogP contribution in [0.4, 0.5) is 0 Å². The molecule has 0 bridgehead atoms. The summed E-state index contributed by atoms with van der Waals surface area (Å²) in [5.74, 6) is -0.704. The van der Waals surface area contributed by atoms with Gasteiger partial charge in [0.15, 0.2) is 0 Å². The van der Waals surface area contributed by atoms with Crippen molar-refractivity contribution in [3.05, 3.63) is 30.1 Å². The van der Waals surface area contributed by atoms with Crippen LogP contribution in [0.3, 0.4) is 0 Å². The molecule has 80 valence electrons. The molecule has 15 heavy (non-hydrogen) atoms. The Bertz CT molecular complexity index is 345. The Labute approximate surface area is 88.3 Å². The molecule has 0 saturated carbocycles. The number of hydrogen-bond donors (Lipinski definition) is 2. The fourth-order valence-corrected chi connectivity index (χ4v) is 2.04. The molecule has 1 aliphatic rings. The van der Waals surface area contributed by atoms with Crippen LogP contribution in [0, 0.1) is 5.41 Å². The number of aliphatic carboxylic acids is 1. The van der Waals surface area contributed by atoms with Crippen LogP contribution in [0.15, 0.2) is 24.5 Å². The van der Waals surface area contributed by atoms with Gasteiger partial charge < -0.3 is 10.4 Å². The summed E-state index contributed by atoms with van der Waals surface area (Å²) in [5, 5.41) is 12.4. The number of nitrogens with zero attached hydrogens (tertiary/aromatic N) is 1. The van der Waals surface area contributed by atoms with Crippen molar-refractivity contribution in [1.82, 2.24) is 10.3 Å². The smallest absolute Gasteiger partial charge is 0.311 e. The maximum Gasteiger partial charge on any atom is 0.311 e. The second-order valence-corrected chi connectivity index (χ2v) is 4.04. The van der Waals surface area contributed by atoms with Crippen LogP contribution in [-0.4, -0.2) is 29.1 Å². The molecule has 0 aromatic carbocycles. The van der Waals surface area contributed by atoms with E-state index in [9.17, 15) is 9.90 Å². The summed E-state index contributed by atoms with van der Waals surface area (Å²) in [6, 6.07) is 3.76. The molecule has 1 aromatic rings. The van der Waals surface area contributed by atoms with E-state index in [1.165, 1.54) is 0 Å². The fourth-order valence-electron chi connectivity index (χ4n) is 2.04. The Kier molecular flexibility index (Phi) is 2.68. The van der Waals surface area contributed by atoms with E-state index in [-0.39, 0.29) is 0 Å². The lowest BCUT2D eigenvalue weighted by molar-refractivity contribution is -0.147. The molecule has 1 aliphatic heterocycles. The molecule has 2 heterocycles. The Morgan fingerprint density at radius 1 is 1.53 bits per heavy atom. The minimum Gasteiger partial charge on any atom is -0.481 e. The molecule has 1 aromatic heterocycles. The van der Waals surface area contributed by atoms with Crippen LogP contribution in [-0.2, 0) is 11.2 Å². The van der Waals surface area contributed by atoms with Crippen LogP contribution in [0.25, 0.3) is 0 Å². The Morgan fingerprint density at radius 3 is 2.80 bits per heavy atom. The Morgan fingerprint density at radius 2 is 2.27 bits per heavy atom. The van der Waals surface area contributed by atoms with Crippen molar-refractivity contribution in [2.75, 3.05) is 13.1 Å². The summed E-state index contributed by atoms with van der Waals surface area (Å²) < 4.78 is 0. The first-order valence-corrected chi connectivity index (χ1v) is 5.06. The molecule has 0 spiro atoms. The van der Waals surface area contributed by atoms with E-state index in [0.717, 1.165) is 12.1 Å². The van der Waals surface area contributed by atoms with Gasteiger partial charge >= 0.3 is 5.97 Å². The lowest BCUT2D eigenvalue weighted by Gasteiger charge is -2.22. The molecule has 1 atom stereocenters. The van der Waals surface area contributed by atoms with E-state index in [1.54, 1.807) is 12.4 Å². The molecular formula is C11H14N2O2. The first kappa shape index (κ1) is 10.1. The standard InChI is InChI=1S/C11H14N2O2/c14-10(15)11(3-6-13-8-11)7-9-1-4-12-5-2-9/h1-2,4-5,13H,3,6-8H2,(H,14,15). The van der Waals surface area contributed by atoms with Crippen LogP contribution in [0.5, 0.6) is 0 Å². The van der Waals surface area contributed by atoms with Gasteiger partial charge in [-0.05, 0) is 37.1 Å². The zero-order valence-corrected chi connectivity index (χ0v) is 8.44. The van der Waals surface area contributed by atoms with E-state index >= 15 is 0 Å². The zero-order valence-electron chi connectivity index (χ0n) is 8.44. The number of carbonyl (C=O) groups is 1. The van der Waals surface area contributed by atoms with E-state index < -0.39 is 11.4 Å². The van der Waals surface area contributed by atoms with Crippen molar-refractivity contribution in [2.45, 2.75) is 12.8 Å². The highest BCUT2D eigenvalue weighted by Crippen LogP contribution is 2.30. The maximum atomic E-state index is 11.3. The van der Waals surface area contributed by atoms with Gasteiger partial charge in [-0.1, -0.05) is 0 Å². The number of aromatic nitrogens is 1. The summed E-state index contributed by atoms with van der Waals surface area (Å²) in [6.07, 6.45) is 4.68. The highest BCUT2D eigenvalue weighted by molar-refractivity contribution is 5.76. The van der Waals surface area contributed by atoms with Gasteiger partial charge in [0.25, 0.3) is 0 Å². The van der Waals surface area contributed by atoms with Gasteiger partial charge in [-0.3, -0.25) is 9.78 Å². The predicted octanol–water partition coefficient (Wildman–Crippen LogP) is 0.688. The molecule has 4 heteroatoms. The van der Waals surface area contributed by atoms with Gasteiger partial charge in [-0.2, -0.15) is 0 Å². The first-order valence-electron chi connectivity index (χ1n) is 5.06. The number of carboxylic acid groups (broad SMARTS) is 1. The number of hydrogen-bond acceptors (Lipinski definition) is 3. The van der Waals surface area contributed by atoms with Crippen LogP contribution in [0.1, 0.15) is 12.0 Å². The van der Waals surface area contributed by atoms with Crippen molar-refractivity contribution in [2.24, 2.45) is 5.41 Å². The first-order chi connectivity index (χ1) is 7.23. The van der Waals surface area contributed by atoms with E-state index in [0.29, 0.717) is 19.4 Å². The number of nitrogens with one attached hydrogen (secondary N) is 1. The second-order valence-electron chi connectivity index (χ2n) is 4.04. The van der Waals surface area contributed by atoms with Crippen molar-refractivity contribution >= 4 is 5.97 Å². The number of pyridine rings is 1. The average molecular weight is 206 g/mol. The lowest BCUT2D eigenvalue weighted by Crippen LogP contribution is -2.35. The van der Waals surface area contributed by atoms with Crippen molar-refractivity contribution < 1.29 is 9.90 Å². The van der Waals surface area contributed by atoms with Gasteiger partial charge in [0, 0.05) is 18.9 Å². The third-order valence-corrected chi connectivity index (χ3v) is 2.99. The quantitative estimate of drug-likeness (QED) is 0.763. The van der Waals surface area contributed by atoms with Crippen LogP contribution < -0.4 is 5.32 Å². The third kappa shape index (κ3) is 1.99. The summed E-state index contributed by atoms with van der Waals surface area (Å²) in [6.45, 7) is 1.35. The predicted molar refractivity (Wildman–Crippen MR) is 55.5 cm³/mol. The van der Waals surface area contributed by atoms with Crippen molar-refractivity contribution in [3.8, 4) is 0 Å². The zero-order chi connectivity index (χ0) is 10.7. The minimum absolute atomic E-state index is 0.560. The third-order valence-electron chi connectivity index (χ3n) is 2.99. The summed E-state index contributed by atoms with van der Waals surface area (Å²) in [4.78, 5) is 15.2. The molecule has 0 amide bonds. The molecule has 1 fully saturated rings. The maximum absolute atomic E-state index is 11.3. The van der Waals surface area contributed by atoms with E-state index in [4.69, 9.17) is 0 Å². The summed E-state index contributed by atoms with van der Waals surface area (Å²) in [7, 11) is 0. The van der Waals surface area contributed by atoms with E-state index in [2.05, 4.69) is 10.3 Å². The SMILES string of the molecule is O=C(O)C1(Cc2ccncc2)CCNC1. The lowest BCUT2D eigenvalue weighted by atomic mass is 9.81. The monoisotopic (exact) mass is 206 g/mol. The van der Waals surface area contributed by atoms with Crippen molar-refractivity contribution in [1.29, 1.82) is 0 Å². The number of carboxylic acids is 1. The number of rotatable bonds is 3. The topological polar surface area (TPSA) is 62.2 Å². The van der Waals surface area contributed by atoms with E-state index in [1.807, 2.05) is 12.1 Å². The average Bonchev–Trinajstić information content (AvgIpc) is 2.69. The van der Waals surface area contributed by atoms with Gasteiger partial charge in [0.05, 0.1) is 5.41 Å². The summed E-state index contributed by atoms with van der Waals surface area (Å²) >= 11 is 0. The molecule has 4 nitrogen and oxygen atoms in total. The van der Waals surface area contributed by atoms with Gasteiger partial charge in [0.1, 0.15) is 0 Å². The second kappa shape index (κ2) is 3.98. The molecule has 2 N–H and O–H groups in total. The highest BCUT2D eigenvalue weighted by Gasteiger charge is 2.41. The fraction of sp³-hybridized carbons (Fsp3) is 0.455. The largest absolute Gasteiger partial charge is 0.481 e.